The van der Waals surface area contributed by atoms with Crippen molar-refractivity contribution in [3.05, 3.63) is 53.1 Å². The molecule has 1 aromatic heterocycles. The van der Waals surface area contributed by atoms with Gasteiger partial charge in [-0.1, -0.05) is 23.7 Å². The number of imidazole rings is 1. The zero-order chi connectivity index (χ0) is 12.3. The molecular formula is C13H16ClN3. The van der Waals surface area contributed by atoms with Crippen LogP contribution in [0.4, 0.5) is 0 Å². The van der Waals surface area contributed by atoms with E-state index in [0.29, 0.717) is 0 Å². The maximum atomic E-state index is 5.87. The van der Waals surface area contributed by atoms with Gasteiger partial charge in [0.05, 0.1) is 12.0 Å². The Bertz CT molecular complexity index is 474. The lowest BCUT2D eigenvalue weighted by atomic mass is 10.1. The molecule has 0 fully saturated rings. The molecule has 0 aliphatic carbocycles. The first-order chi connectivity index (χ1) is 8.16. The Hall–Kier alpha value is -1.32. The summed E-state index contributed by atoms with van der Waals surface area (Å²) < 4.78 is 2.10. The van der Waals surface area contributed by atoms with Crippen molar-refractivity contribution in [1.82, 2.24) is 9.55 Å². The summed E-state index contributed by atoms with van der Waals surface area (Å²) in [5.74, 6) is 0. The van der Waals surface area contributed by atoms with Crippen molar-refractivity contribution in [2.45, 2.75) is 25.9 Å². The molecule has 2 N–H and O–H groups in total. The number of aryl methyl sites for hydroxylation is 2. The summed E-state index contributed by atoms with van der Waals surface area (Å²) in [6.07, 6.45) is 4.61. The van der Waals surface area contributed by atoms with Gasteiger partial charge in [-0.25, -0.2) is 4.98 Å². The summed E-state index contributed by atoms with van der Waals surface area (Å²) >= 11 is 5.85. The lowest BCUT2D eigenvalue weighted by Crippen LogP contribution is -2.12. The molecule has 0 amide bonds. The Morgan fingerprint density at radius 1 is 1.35 bits per heavy atom. The number of nitrogens with zero attached hydrogens (tertiary/aromatic N) is 2. The van der Waals surface area contributed by atoms with E-state index >= 15 is 0 Å². The second-order valence-corrected chi connectivity index (χ2v) is 4.61. The number of hydrogen-bond acceptors (Lipinski definition) is 2. The highest BCUT2D eigenvalue weighted by molar-refractivity contribution is 6.30. The van der Waals surface area contributed by atoms with Gasteiger partial charge in [0, 0.05) is 23.8 Å². The molecule has 2 rings (SSSR count). The highest BCUT2D eigenvalue weighted by Gasteiger charge is 2.06. The molecule has 0 spiro atoms. The molecule has 1 aromatic carbocycles. The van der Waals surface area contributed by atoms with Crippen molar-refractivity contribution < 1.29 is 0 Å². The number of benzene rings is 1. The minimum Gasteiger partial charge on any atom is -0.333 e. The molecular weight excluding hydrogens is 234 g/mol. The fourth-order valence-corrected chi connectivity index (χ4v) is 1.92. The Kier molecular flexibility index (Phi) is 3.82. The molecule has 90 valence electrons. The van der Waals surface area contributed by atoms with E-state index in [-0.39, 0.29) is 6.04 Å². The van der Waals surface area contributed by atoms with E-state index in [1.807, 2.05) is 43.7 Å². The van der Waals surface area contributed by atoms with Crippen molar-refractivity contribution in [3.63, 3.8) is 0 Å². The van der Waals surface area contributed by atoms with Crippen LogP contribution in [0.2, 0.25) is 5.02 Å². The van der Waals surface area contributed by atoms with E-state index in [1.54, 1.807) is 0 Å². The lowest BCUT2D eigenvalue weighted by molar-refractivity contribution is 0.624. The Labute approximate surface area is 106 Å². The molecule has 4 heteroatoms. The number of rotatable bonds is 4. The molecule has 0 radical (unpaired) electrons. The van der Waals surface area contributed by atoms with Crippen LogP contribution in [-0.4, -0.2) is 9.55 Å². The van der Waals surface area contributed by atoms with Gasteiger partial charge in [0.15, 0.2) is 0 Å². The van der Waals surface area contributed by atoms with Crippen LogP contribution in [-0.2, 0) is 13.0 Å². The van der Waals surface area contributed by atoms with E-state index < -0.39 is 0 Å². The minimum absolute atomic E-state index is 0.0164. The van der Waals surface area contributed by atoms with Crippen LogP contribution in [0.15, 0.2) is 36.8 Å². The number of hydrogen-bond donors (Lipinski definition) is 1. The van der Waals surface area contributed by atoms with E-state index in [9.17, 15) is 0 Å². The van der Waals surface area contributed by atoms with Crippen LogP contribution in [0, 0.1) is 0 Å². The normalized spacial score (nSPS) is 12.6. The summed E-state index contributed by atoms with van der Waals surface area (Å²) in [6, 6.07) is 7.94. The molecule has 0 bridgehead atoms. The van der Waals surface area contributed by atoms with Gasteiger partial charge in [0.1, 0.15) is 0 Å². The molecule has 0 saturated heterocycles. The molecule has 1 atom stereocenters. The highest BCUT2D eigenvalue weighted by atomic mass is 35.5. The summed E-state index contributed by atoms with van der Waals surface area (Å²) in [7, 11) is 0. The topological polar surface area (TPSA) is 43.8 Å². The predicted molar refractivity (Wildman–Crippen MR) is 70.0 cm³/mol. The van der Waals surface area contributed by atoms with Crippen molar-refractivity contribution in [1.29, 1.82) is 0 Å². The Morgan fingerprint density at radius 2 is 2.06 bits per heavy atom. The van der Waals surface area contributed by atoms with E-state index in [4.69, 9.17) is 17.3 Å². The van der Waals surface area contributed by atoms with Crippen LogP contribution in [0.1, 0.15) is 24.2 Å². The van der Waals surface area contributed by atoms with Crippen molar-refractivity contribution in [2.24, 2.45) is 5.73 Å². The second-order valence-electron chi connectivity index (χ2n) is 4.18. The van der Waals surface area contributed by atoms with E-state index in [0.717, 1.165) is 23.7 Å². The van der Waals surface area contributed by atoms with E-state index in [1.165, 1.54) is 5.56 Å². The summed E-state index contributed by atoms with van der Waals surface area (Å²) in [5.41, 5.74) is 8.20. The molecule has 0 saturated carbocycles. The van der Waals surface area contributed by atoms with E-state index in [2.05, 4.69) is 9.55 Å². The summed E-state index contributed by atoms with van der Waals surface area (Å²) in [5, 5.41) is 0.771. The zero-order valence-electron chi connectivity index (χ0n) is 9.81. The smallest absolute Gasteiger partial charge is 0.0948 e. The van der Waals surface area contributed by atoms with Crippen LogP contribution in [0.3, 0.4) is 0 Å². The summed E-state index contributed by atoms with van der Waals surface area (Å²) in [6.45, 7) is 2.86. The fraction of sp³-hybridized carbons (Fsp3) is 0.308. The highest BCUT2D eigenvalue weighted by Crippen LogP contribution is 2.13. The van der Waals surface area contributed by atoms with Crippen LogP contribution in [0.25, 0.3) is 0 Å². The van der Waals surface area contributed by atoms with Crippen molar-refractivity contribution in [2.75, 3.05) is 0 Å². The SMILES string of the molecule is C[C@H](N)c1cncn1CCc1ccc(Cl)cc1. The minimum atomic E-state index is 0.0164. The first-order valence-corrected chi connectivity index (χ1v) is 6.04. The largest absolute Gasteiger partial charge is 0.333 e. The van der Waals surface area contributed by atoms with Gasteiger partial charge in [-0.2, -0.15) is 0 Å². The van der Waals surface area contributed by atoms with Crippen LogP contribution in [0.5, 0.6) is 0 Å². The second kappa shape index (κ2) is 5.34. The van der Waals surface area contributed by atoms with Gasteiger partial charge in [-0.05, 0) is 31.0 Å². The van der Waals surface area contributed by atoms with Gasteiger partial charge in [0.2, 0.25) is 0 Å². The van der Waals surface area contributed by atoms with Gasteiger partial charge < -0.3 is 10.3 Å². The number of aromatic nitrogens is 2. The van der Waals surface area contributed by atoms with Gasteiger partial charge in [-0.3, -0.25) is 0 Å². The first kappa shape index (κ1) is 12.1. The third-order valence-corrected chi connectivity index (χ3v) is 3.02. The van der Waals surface area contributed by atoms with Gasteiger partial charge in [0.25, 0.3) is 0 Å². The van der Waals surface area contributed by atoms with Gasteiger partial charge in [-0.15, -0.1) is 0 Å². The average molecular weight is 250 g/mol. The number of nitrogens with two attached hydrogens (primary N) is 1. The van der Waals surface area contributed by atoms with Gasteiger partial charge >= 0.3 is 0 Å². The van der Waals surface area contributed by atoms with Crippen LogP contribution >= 0.6 is 11.6 Å². The first-order valence-electron chi connectivity index (χ1n) is 5.67. The summed E-state index contributed by atoms with van der Waals surface area (Å²) in [4.78, 5) is 4.13. The molecule has 1 heterocycles. The lowest BCUT2D eigenvalue weighted by Gasteiger charge is -2.10. The Balaban J connectivity index is 2.02. The van der Waals surface area contributed by atoms with Crippen molar-refractivity contribution >= 4 is 11.6 Å². The third-order valence-electron chi connectivity index (χ3n) is 2.77. The quantitative estimate of drug-likeness (QED) is 0.906. The fourth-order valence-electron chi connectivity index (χ4n) is 1.80. The monoisotopic (exact) mass is 249 g/mol. The predicted octanol–water partition coefficient (Wildman–Crippen LogP) is 2.80. The molecule has 0 aliphatic rings. The Morgan fingerprint density at radius 3 is 2.71 bits per heavy atom. The third kappa shape index (κ3) is 3.08. The molecule has 0 unspecified atom stereocenters. The number of halogens is 1. The average Bonchev–Trinajstić information content (AvgIpc) is 2.76. The zero-order valence-corrected chi connectivity index (χ0v) is 10.6. The molecule has 17 heavy (non-hydrogen) atoms. The molecule has 2 aromatic rings. The molecule has 0 aliphatic heterocycles. The maximum Gasteiger partial charge on any atom is 0.0948 e. The van der Waals surface area contributed by atoms with Crippen molar-refractivity contribution in [3.8, 4) is 0 Å². The van der Waals surface area contributed by atoms with Crippen LogP contribution < -0.4 is 5.73 Å². The molecule has 3 nitrogen and oxygen atoms in total. The standard InChI is InChI=1S/C13H16ClN3/c1-10(15)13-8-16-9-17(13)7-6-11-2-4-12(14)5-3-11/h2-5,8-10H,6-7,15H2,1H3/t10-/m0/s1. The maximum absolute atomic E-state index is 5.87.